The molecule has 0 fully saturated rings. The van der Waals surface area contributed by atoms with Crippen LogP contribution >= 0.6 is 0 Å². The Balaban J connectivity index is 1.72. The fourth-order valence-corrected chi connectivity index (χ4v) is 2.61. The van der Waals surface area contributed by atoms with Gasteiger partial charge in [0.25, 0.3) is 0 Å². The number of halogens is 1. The van der Waals surface area contributed by atoms with E-state index in [-0.39, 0.29) is 24.4 Å². The van der Waals surface area contributed by atoms with Gasteiger partial charge in [-0.05, 0) is 43.3 Å². The van der Waals surface area contributed by atoms with Crippen molar-refractivity contribution < 1.29 is 13.9 Å². The molecule has 3 N–H and O–H groups in total. The molecule has 1 aliphatic heterocycles. The van der Waals surface area contributed by atoms with Crippen molar-refractivity contribution in [2.24, 2.45) is 0 Å². The Morgan fingerprint density at radius 2 is 2.09 bits per heavy atom. The molecule has 0 saturated carbocycles. The van der Waals surface area contributed by atoms with Crippen LogP contribution in [0.5, 0.6) is 5.75 Å². The lowest BCUT2D eigenvalue weighted by molar-refractivity contribution is -0.115. The Kier molecular flexibility index (Phi) is 4.06. The number of benzene rings is 2. The van der Waals surface area contributed by atoms with Crippen LogP contribution in [0.1, 0.15) is 6.92 Å². The summed E-state index contributed by atoms with van der Waals surface area (Å²) < 4.78 is 18.7. The number of anilines is 3. The van der Waals surface area contributed by atoms with Gasteiger partial charge in [0.15, 0.2) is 0 Å². The van der Waals surface area contributed by atoms with Gasteiger partial charge in [-0.2, -0.15) is 0 Å². The zero-order chi connectivity index (χ0) is 16.4. The lowest BCUT2D eigenvalue weighted by atomic mass is 10.2. The van der Waals surface area contributed by atoms with Crippen molar-refractivity contribution in [1.29, 1.82) is 0 Å². The molecule has 0 saturated heterocycles. The molecule has 23 heavy (non-hydrogen) atoms. The zero-order valence-electron chi connectivity index (χ0n) is 12.8. The number of amides is 1. The number of rotatable bonds is 3. The molecule has 1 unspecified atom stereocenters. The summed E-state index contributed by atoms with van der Waals surface area (Å²) in [7, 11) is 0. The van der Waals surface area contributed by atoms with Gasteiger partial charge in [-0.15, -0.1) is 0 Å². The number of hydrogen-bond acceptors (Lipinski definition) is 4. The van der Waals surface area contributed by atoms with Crippen LogP contribution in [-0.2, 0) is 4.79 Å². The van der Waals surface area contributed by atoms with E-state index in [4.69, 9.17) is 10.5 Å². The van der Waals surface area contributed by atoms with Gasteiger partial charge >= 0.3 is 0 Å². The van der Waals surface area contributed by atoms with Crippen LogP contribution in [0.25, 0.3) is 0 Å². The van der Waals surface area contributed by atoms with E-state index < -0.39 is 0 Å². The first kappa shape index (κ1) is 15.1. The molecule has 1 atom stereocenters. The van der Waals surface area contributed by atoms with Gasteiger partial charge in [0, 0.05) is 17.4 Å². The summed E-state index contributed by atoms with van der Waals surface area (Å²) in [4.78, 5) is 14.2. The van der Waals surface area contributed by atoms with Crippen LogP contribution in [0, 0.1) is 5.82 Å². The summed E-state index contributed by atoms with van der Waals surface area (Å²) in [5.41, 5.74) is 7.80. The van der Waals surface area contributed by atoms with Crippen molar-refractivity contribution in [3.63, 3.8) is 0 Å². The van der Waals surface area contributed by atoms with Crippen LogP contribution in [0.3, 0.4) is 0 Å². The average molecular weight is 315 g/mol. The number of ether oxygens (including phenoxy) is 1. The third-order valence-corrected chi connectivity index (χ3v) is 3.59. The quantitative estimate of drug-likeness (QED) is 0.855. The summed E-state index contributed by atoms with van der Waals surface area (Å²) in [5.74, 6) is 0.170. The predicted molar refractivity (Wildman–Crippen MR) is 88.2 cm³/mol. The molecule has 5 nitrogen and oxygen atoms in total. The van der Waals surface area contributed by atoms with E-state index in [9.17, 15) is 9.18 Å². The number of nitrogens with one attached hydrogen (secondary N) is 1. The maximum atomic E-state index is 12.9. The summed E-state index contributed by atoms with van der Waals surface area (Å²) in [6.07, 6.45) is -0.0390. The number of carbonyl (C=O) groups is 1. The maximum absolute atomic E-state index is 12.9. The molecule has 6 heteroatoms. The minimum absolute atomic E-state index is 0.0390. The Hall–Kier alpha value is -2.76. The van der Waals surface area contributed by atoms with Gasteiger partial charge in [-0.25, -0.2) is 4.39 Å². The Labute approximate surface area is 133 Å². The van der Waals surface area contributed by atoms with Crippen LogP contribution in [0.2, 0.25) is 0 Å². The van der Waals surface area contributed by atoms with Gasteiger partial charge in [-0.1, -0.05) is 0 Å². The standard InChI is InChI=1S/C17H18FN3O2/c1-11-9-21(15-7-4-13(19)8-16(15)23-11)10-17(22)20-14-5-2-12(18)3-6-14/h2-8,11H,9-10,19H2,1H3,(H,20,22). The van der Waals surface area contributed by atoms with Gasteiger partial charge in [0.2, 0.25) is 5.91 Å². The minimum Gasteiger partial charge on any atom is -0.487 e. The highest BCUT2D eigenvalue weighted by atomic mass is 19.1. The van der Waals surface area contributed by atoms with E-state index in [1.54, 1.807) is 12.1 Å². The molecule has 0 aliphatic carbocycles. The second-order valence-electron chi connectivity index (χ2n) is 5.59. The third kappa shape index (κ3) is 3.53. The van der Waals surface area contributed by atoms with Crippen molar-refractivity contribution in [3.8, 4) is 5.75 Å². The van der Waals surface area contributed by atoms with E-state index in [0.717, 1.165) is 5.69 Å². The van der Waals surface area contributed by atoms with Crippen LogP contribution in [0.4, 0.5) is 21.5 Å². The number of nitrogens with zero attached hydrogens (tertiary/aromatic N) is 1. The van der Waals surface area contributed by atoms with Crippen molar-refractivity contribution in [2.75, 3.05) is 29.0 Å². The third-order valence-electron chi connectivity index (χ3n) is 3.59. The zero-order valence-corrected chi connectivity index (χ0v) is 12.8. The SMILES string of the molecule is CC1CN(CC(=O)Nc2ccc(F)cc2)c2ccc(N)cc2O1. The summed E-state index contributed by atoms with van der Waals surface area (Å²) >= 11 is 0. The molecule has 0 radical (unpaired) electrons. The highest BCUT2D eigenvalue weighted by Crippen LogP contribution is 2.34. The molecule has 0 bridgehead atoms. The lowest BCUT2D eigenvalue weighted by Crippen LogP contribution is -2.42. The predicted octanol–water partition coefficient (Wildman–Crippen LogP) is 2.63. The molecule has 1 aliphatic rings. The number of hydrogen-bond donors (Lipinski definition) is 2. The highest BCUT2D eigenvalue weighted by Gasteiger charge is 2.24. The molecule has 1 heterocycles. The van der Waals surface area contributed by atoms with Crippen LogP contribution < -0.4 is 20.7 Å². The monoisotopic (exact) mass is 315 g/mol. The number of carbonyl (C=O) groups excluding carboxylic acids is 1. The fraction of sp³-hybridized carbons (Fsp3) is 0.235. The smallest absolute Gasteiger partial charge is 0.243 e. The number of nitrogens with two attached hydrogens (primary N) is 1. The summed E-state index contributed by atoms with van der Waals surface area (Å²) in [6, 6.07) is 11.1. The van der Waals surface area contributed by atoms with E-state index in [1.165, 1.54) is 24.3 Å². The second kappa shape index (κ2) is 6.16. The molecule has 120 valence electrons. The van der Waals surface area contributed by atoms with Gasteiger partial charge < -0.3 is 20.7 Å². The molecule has 3 rings (SSSR count). The average Bonchev–Trinajstić information content (AvgIpc) is 2.49. The molecular formula is C17H18FN3O2. The van der Waals surface area contributed by atoms with Crippen LogP contribution in [-0.4, -0.2) is 25.1 Å². The normalized spacial score (nSPS) is 16.4. The van der Waals surface area contributed by atoms with Gasteiger partial charge in [0.1, 0.15) is 17.7 Å². The molecule has 2 aromatic rings. The first-order chi connectivity index (χ1) is 11.0. The Morgan fingerprint density at radius 3 is 2.83 bits per heavy atom. The first-order valence-electron chi connectivity index (χ1n) is 7.38. The first-order valence-corrected chi connectivity index (χ1v) is 7.38. The van der Waals surface area contributed by atoms with E-state index in [2.05, 4.69) is 5.32 Å². The summed E-state index contributed by atoms with van der Waals surface area (Å²) in [6.45, 7) is 2.73. The van der Waals surface area contributed by atoms with Crippen molar-refractivity contribution in [3.05, 3.63) is 48.3 Å². The van der Waals surface area contributed by atoms with Crippen LogP contribution in [0.15, 0.2) is 42.5 Å². The topological polar surface area (TPSA) is 67.6 Å². The molecule has 2 aromatic carbocycles. The van der Waals surface area contributed by atoms with Gasteiger partial charge in [-0.3, -0.25) is 4.79 Å². The van der Waals surface area contributed by atoms with Crippen molar-refractivity contribution in [2.45, 2.75) is 13.0 Å². The van der Waals surface area contributed by atoms with E-state index >= 15 is 0 Å². The Morgan fingerprint density at radius 1 is 1.35 bits per heavy atom. The number of nitrogen functional groups attached to an aromatic ring is 1. The second-order valence-corrected chi connectivity index (χ2v) is 5.59. The molecule has 1 amide bonds. The van der Waals surface area contributed by atoms with E-state index in [1.807, 2.05) is 17.9 Å². The molecular weight excluding hydrogens is 297 g/mol. The largest absolute Gasteiger partial charge is 0.487 e. The van der Waals surface area contributed by atoms with E-state index in [0.29, 0.717) is 23.7 Å². The lowest BCUT2D eigenvalue weighted by Gasteiger charge is -2.34. The molecule has 0 aromatic heterocycles. The maximum Gasteiger partial charge on any atom is 0.243 e. The van der Waals surface area contributed by atoms with Gasteiger partial charge in [0.05, 0.1) is 18.8 Å². The van der Waals surface area contributed by atoms with Crippen molar-refractivity contribution in [1.82, 2.24) is 0 Å². The Bertz CT molecular complexity index is 718. The summed E-state index contributed by atoms with van der Waals surface area (Å²) in [5, 5.41) is 2.76. The number of fused-ring (bicyclic) bond motifs is 1. The minimum atomic E-state index is -0.337. The molecule has 0 spiro atoms. The highest BCUT2D eigenvalue weighted by molar-refractivity contribution is 5.94. The van der Waals surface area contributed by atoms with Crippen molar-refractivity contribution >= 4 is 23.0 Å². The fourth-order valence-electron chi connectivity index (χ4n) is 2.61.